The summed E-state index contributed by atoms with van der Waals surface area (Å²) in [6, 6.07) is 10.6. The molecule has 2 heteroatoms. The molecule has 0 unspecified atom stereocenters. The van der Waals surface area contributed by atoms with Gasteiger partial charge in [-0.05, 0) is 0 Å². The Balaban J connectivity index is 2.64. The molecule has 0 aliphatic carbocycles. The summed E-state index contributed by atoms with van der Waals surface area (Å²) in [4.78, 5) is 0. The average molecular weight is 269 g/mol. The molecule has 0 radical (unpaired) electrons. The number of nitrogens with zero attached hydrogens (tertiary/aromatic N) is 1. The van der Waals surface area contributed by atoms with E-state index in [-0.39, 0.29) is 20.4 Å². The molecule has 0 aliphatic heterocycles. The minimum atomic E-state index is -0.114. The van der Waals surface area contributed by atoms with Crippen molar-refractivity contribution < 1.29 is 0 Å². The van der Waals surface area contributed by atoms with E-state index in [4.69, 9.17) is 5.26 Å². The molecule has 0 spiro atoms. The van der Waals surface area contributed by atoms with Gasteiger partial charge >= 0.3 is 80.9 Å². The molecule has 1 aromatic heterocycles. The Kier molecular flexibility index (Phi) is 2.17. The van der Waals surface area contributed by atoms with Crippen LogP contribution in [-0.4, -0.2) is 20.4 Å². The molecular formula is C10H7NTe. The van der Waals surface area contributed by atoms with Gasteiger partial charge in [-0.1, -0.05) is 0 Å². The van der Waals surface area contributed by atoms with Crippen molar-refractivity contribution >= 4 is 29.2 Å². The average Bonchev–Trinajstić information content (AvgIpc) is 2.50. The molecule has 58 valence electrons. The third-order valence-corrected chi connectivity index (χ3v) is 4.72. The van der Waals surface area contributed by atoms with Gasteiger partial charge in [0.15, 0.2) is 0 Å². The van der Waals surface area contributed by atoms with E-state index in [9.17, 15) is 0 Å². The Morgan fingerprint density at radius 2 is 2.17 bits per heavy atom. The van der Waals surface area contributed by atoms with Crippen LogP contribution >= 0.6 is 0 Å². The van der Waals surface area contributed by atoms with Gasteiger partial charge in [0.2, 0.25) is 0 Å². The van der Waals surface area contributed by atoms with Crippen LogP contribution in [0.3, 0.4) is 0 Å². The van der Waals surface area contributed by atoms with Crippen LogP contribution in [0.1, 0.15) is 5.56 Å². The molecule has 1 aromatic carbocycles. The Hall–Kier alpha value is -0.760. The van der Waals surface area contributed by atoms with Gasteiger partial charge in [0, 0.05) is 0 Å². The molecular weight excluding hydrogens is 262 g/mol. The summed E-state index contributed by atoms with van der Waals surface area (Å²) in [5, 5.41) is 9.90. The predicted octanol–water partition coefficient (Wildman–Crippen LogP) is 1.96. The summed E-state index contributed by atoms with van der Waals surface area (Å²) in [6.45, 7) is 0. The molecule has 2 rings (SSSR count). The molecule has 0 N–H and O–H groups in total. The monoisotopic (exact) mass is 271 g/mol. The summed E-state index contributed by atoms with van der Waals surface area (Å²) in [5.41, 5.74) is 1.25. The summed E-state index contributed by atoms with van der Waals surface area (Å²) < 4.78 is 3.76. The zero-order valence-corrected chi connectivity index (χ0v) is 8.78. The fourth-order valence-corrected chi connectivity index (χ4v) is 4.00. The maximum absolute atomic E-state index is 8.58. The van der Waals surface area contributed by atoms with Gasteiger partial charge in [-0.2, -0.15) is 0 Å². The van der Waals surface area contributed by atoms with Gasteiger partial charge < -0.3 is 0 Å². The SMILES string of the molecule is N#CCc1c[te]c2ccccc12. The van der Waals surface area contributed by atoms with Crippen molar-refractivity contribution in [3.63, 3.8) is 0 Å². The molecule has 0 amide bonds. The first-order valence-electron chi connectivity index (χ1n) is 3.74. The molecule has 0 saturated carbocycles. The van der Waals surface area contributed by atoms with Crippen molar-refractivity contribution in [3.8, 4) is 6.07 Å². The van der Waals surface area contributed by atoms with Crippen molar-refractivity contribution in [2.24, 2.45) is 0 Å². The maximum atomic E-state index is 8.58. The molecule has 0 atom stereocenters. The van der Waals surface area contributed by atoms with Crippen LogP contribution in [0.4, 0.5) is 0 Å². The van der Waals surface area contributed by atoms with Crippen molar-refractivity contribution in [2.75, 3.05) is 0 Å². The quantitative estimate of drug-likeness (QED) is 0.726. The second kappa shape index (κ2) is 3.31. The molecule has 12 heavy (non-hydrogen) atoms. The molecule has 0 fully saturated rings. The van der Waals surface area contributed by atoms with E-state index in [1.807, 2.05) is 6.07 Å². The van der Waals surface area contributed by atoms with Gasteiger partial charge in [0.05, 0.1) is 0 Å². The molecule has 2 aromatic rings. The van der Waals surface area contributed by atoms with Crippen LogP contribution in [0.15, 0.2) is 28.3 Å². The van der Waals surface area contributed by atoms with Crippen LogP contribution in [0.25, 0.3) is 8.79 Å². The summed E-state index contributed by atoms with van der Waals surface area (Å²) in [6.07, 6.45) is 0.571. The molecule has 0 saturated heterocycles. The predicted molar refractivity (Wildman–Crippen MR) is 50.2 cm³/mol. The summed E-state index contributed by atoms with van der Waals surface area (Å²) >= 11 is -0.114. The van der Waals surface area contributed by atoms with Crippen LogP contribution in [0.5, 0.6) is 0 Å². The van der Waals surface area contributed by atoms with E-state index in [2.05, 4.69) is 28.4 Å². The number of hydrogen-bond donors (Lipinski definition) is 0. The van der Waals surface area contributed by atoms with Crippen LogP contribution < -0.4 is 0 Å². The Morgan fingerprint density at radius 1 is 1.33 bits per heavy atom. The molecule has 0 bridgehead atoms. The Bertz CT molecular complexity index is 436. The fourth-order valence-electron chi connectivity index (χ4n) is 1.25. The Labute approximate surface area is 80.9 Å². The minimum absolute atomic E-state index is 0.114. The van der Waals surface area contributed by atoms with Crippen molar-refractivity contribution in [1.82, 2.24) is 0 Å². The van der Waals surface area contributed by atoms with Gasteiger partial charge in [-0.15, -0.1) is 0 Å². The number of fused-ring (bicyclic) bond motifs is 1. The Morgan fingerprint density at radius 3 is 3.00 bits per heavy atom. The van der Waals surface area contributed by atoms with E-state index in [0.717, 1.165) is 0 Å². The number of rotatable bonds is 1. The second-order valence-electron chi connectivity index (χ2n) is 2.59. The second-order valence-corrected chi connectivity index (χ2v) is 5.19. The van der Waals surface area contributed by atoms with Crippen LogP contribution in [0, 0.1) is 11.3 Å². The number of hydrogen-bond acceptors (Lipinski definition) is 1. The third-order valence-electron chi connectivity index (χ3n) is 1.83. The zero-order valence-electron chi connectivity index (χ0n) is 6.45. The van der Waals surface area contributed by atoms with Crippen molar-refractivity contribution in [1.29, 1.82) is 5.26 Å². The fraction of sp³-hybridized carbons (Fsp3) is 0.100. The number of benzene rings is 1. The van der Waals surface area contributed by atoms with Crippen LogP contribution in [0.2, 0.25) is 0 Å². The number of nitriles is 1. The van der Waals surface area contributed by atoms with E-state index in [1.54, 1.807) is 0 Å². The topological polar surface area (TPSA) is 23.8 Å². The van der Waals surface area contributed by atoms with E-state index in [1.165, 1.54) is 14.4 Å². The van der Waals surface area contributed by atoms with Crippen molar-refractivity contribution in [2.45, 2.75) is 6.42 Å². The first-order chi connectivity index (χ1) is 5.92. The third kappa shape index (κ3) is 1.27. The first kappa shape index (κ1) is 7.87. The zero-order chi connectivity index (χ0) is 8.39. The molecule has 1 nitrogen and oxygen atoms in total. The van der Waals surface area contributed by atoms with E-state index >= 15 is 0 Å². The van der Waals surface area contributed by atoms with Gasteiger partial charge in [-0.3, -0.25) is 0 Å². The van der Waals surface area contributed by atoms with Gasteiger partial charge in [0.25, 0.3) is 0 Å². The first-order valence-corrected chi connectivity index (χ1v) is 6.25. The normalized spacial score (nSPS) is 9.92. The van der Waals surface area contributed by atoms with E-state index < -0.39 is 0 Å². The molecule has 1 heterocycles. The van der Waals surface area contributed by atoms with Gasteiger partial charge in [0.1, 0.15) is 0 Å². The molecule has 0 aliphatic rings. The van der Waals surface area contributed by atoms with Crippen LogP contribution in [-0.2, 0) is 6.42 Å². The standard InChI is InChI=1S/C10H7NTe/c11-6-5-8-7-12-10-4-2-1-3-9(8)10/h1-4,7H,5H2. The summed E-state index contributed by atoms with van der Waals surface area (Å²) in [7, 11) is 0. The summed E-state index contributed by atoms with van der Waals surface area (Å²) in [5.74, 6) is 0. The van der Waals surface area contributed by atoms with Gasteiger partial charge in [-0.25, -0.2) is 0 Å². The van der Waals surface area contributed by atoms with E-state index in [0.29, 0.717) is 6.42 Å². The van der Waals surface area contributed by atoms with Crippen molar-refractivity contribution in [3.05, 3.63) is 33.9 Å².